The van der Waals surface area contributed by atoms with E-state index in [0.717, 1.165) is 29.4 Å². The lowest BCUT2D eigenvalue weighted by Gasteiger charge is -2.23. The zero-order chi connectivity index (χ0) is 14.1. The largest absolute Gasteiger partial charge is 0.398 e. The molecule has 1 aromatic carbocycles. The summed E-state index contributed by atoms with van der Waals surface area (Å²) < 4.78 is 0.883. The summed E-state index contributed by atoms with van der Waals surface area (Å²) in [4.78, 5) is 17.2. The van der Waals surface area contributed by atoms with Gasteiger partial charge in [0.1, 0.15) is 0 Å². The molecule has 0 fully saturated rings. The van der Waals surface area contributed by atoms with Gasteiger partial charge in [0.25, 0.3) is 0 Å². The molecule has 0 aliphatic heterocycles. The van der Waals surface area contributed by atoms with Crippen molar-refractivity contribution in [2.75, 3.05) is 5.73 Å². The van der Waals surface area contributed by atoms with Crippen LogP contribution in [0.25, 0.3) is 0 Å². The number of aromatic nitrogens is 1. The van der Waals surface area contributed by atoms with Crippen LogP contribution in [-0.2, 0) is 6.42 Å². The van der Waals surface area contributed by atoms with Gasteiger partial charge in [0.15, 0.2) is 5.78 Å². The Labute approximate surface area is 126 Å². The molecule has 0 bridgehead atoms. The van der Waals surface area contributed by atoms with Crippen LogP contribution >= 0.6 is 15.9 Å². The smallest absolute Gasteiger partial charge is 0.173 e. The molecule has 3 rings (SSSR count). The highest BCUT2D eigenvalue weighted by molar-refractivity contribution is 9.10. The fourth-order valence-electron chi connectivity index (χ4n) is 2.81. The fraction of sp³-hybridized carbons (Fsp3) is 0.250. The highest BCUT2D eigenvalue weighted by atomic mass is 79.9. The maximum absolute atomic E-state index is 12.8. The summed E-state index contributed by atoms with van der Waals surface area (Å²) >= 11 is 3.36. The third-order valence-electron chi connectivity index (χ3n) is 3.79. The van der Waals surface area contributed by atoms with Crippen molar-refractivity contribution in [3.63, 3.8) is 0 Å². The van der Waals surface area contributed by atoms with E-state index in [4.69, 9.17) is 5.73 Å². The first-order valence-corrected chi connectivity index (χ1v) is 7.49. The van der Waals surface area contributed by atoms with Gasteiger partial charge in [-0.1, -0.05) is 22.0 Å². The first kappa shape index (κ1) is 13.3. The minimum absolute atomic E-state index is 0.0784. The number of aryl methyl sites for hydroxylation is 1. The summed E-state index contributed by atoms with van der Waals surface area (Å²) in [6.45, 7) is 0. The normalized spacial score (nSPS) is 17.6. The molecule has 1 aliphatic rings. The highest BCUT2D eigenvalue weighted by Crippen LogP contribution is 2.34. The van der Waals surface area contributed by atoms with Gasteiger partial charge >= 0.3 is 0 Å². The monoisotopic (exact) mass is 330 g/mol. The molecule has 2 aromatic rings. The van der Waals surface area contributed by atoms with Crippen LogP contribution in [0.3, 0.4) is 0 Å². The molecule has 1 atom stereocenters. The van der Waals surface area contributed by atoms with Crippen LogP contribution in [0.2, 0.25) is 0 Å². The van der Waals surface area contributed by atoms with E-state index in [1.165, 1.54) is 5.56 Å². The number of ketones is 1. The molecule has 1 unspecified atom stereocenters. The molecule has 1 aliphatic carbocycles. The second-order valence-electron chi connectivity index (χ2n) is 5.09. The second kappa shape index (κ2) is 5.37. The number of hydrogen-bond acceptors (Lipinski definition) is 3. The Morgan fingerprint density at radius 3 is 3.00 bits per heavy atom. The molecule has 0 radical (unpaired) electrons. The quantitative estimate of drug-likeness (QED) is 0.674. The van der Waals surface area contributed by atoms with Gasteiger partial charge in [-0.2, -0.15) is 0 Å². The molecule has 102 valence electrons. The first-order chi connectivity index (χ1) is 9.66. The average molecular weight is 331 g/mol. The number of carbonyl (C=O) groups excluding carboxylic acids is 1. The predicted octanol–water partition coefficient (Wildman–Crippen LogP) is 3.73. The number of nitrogens with zero attached hydrogens (tertiary/aromatic N) is 1. The third-order valence-corrected chi connectivity index (χ3v) is 4.28. The van der Waals surface area contributed by atoms with Gasteiger partial charge in [0.05, 0.1) is 11.6 Å². The van der Waals surface area contributed by atoms with E-state index in [9.17, 15) is 4.79 Å². The van der Waals surface area contributed by atoms with Gasteiger partial charge < -0.3 is 5.73 Å². The Morgan fingerprint density at radius 1 is 1.35 bits per heavy atom. The molecule has 2 N–H and O–H groups in total. The van der Waals surface area contributed by atoms with E-state index >= 15 is 0 Å². The van der Waals surface area contributed by atoms with E-state index in [-0.39, 0.29) is 11.7 Å². The van der Waals surface area contributed by atoms with E-state index in [1.54, 1.807) is 18.3 Å². The SMILES string of the molecule is Nc1cc(Br)ccc1C(=O)C1CCCc2cccnc21. The van der Waals surface area contributed by atoms with Crippen molar-refractivity contribution in [3.05, 3.63) is 57.8 Å². The molecular formula is C16H15BrN2O. The number of carbonyl (C=O) groups is 1. The Hall–Kier alpha value is -1.68. The molecule has 0 saturated carbocycles. The zero-order valence-corrected chi connectivity index (χ0v) is 12.6. The molecule has 3 nitrogen and oxygen atoms in total. The molecule has 1 heterocycles. The van der Waals surface area contributed by atoms with Gasteiger partial charge in [-0.25, -0.2) is 0 Å². The molecule has 0 spiro atoms. The number of pyridine rings is 1. The minimum atomic E-state index is -0.163. The Bertz CT molecular complexity index is 669. The number of rotatable bonds is 2. The van der Waals surface area contributed by atoms with Crippen molar-refractivity contribution < 1.29 is 4.79 Å². The molecular weight excluding hydrogens is 316 g/mol. The lowest BCUT2D eigenvalue weighted by atomic mass is 9.82. The first-order valence-electron chi connectivity index (χ1n) is 6.70. The Morgan fingerprint density at radius 2 is 2.20 bits per heavy atom. The maximum Gasteiger partial charge on any atom is 0.173 e. The zero-order valence-electron chi connectivity index (χ0n) is 11.0. The summed E-state index contributed by atoms with van der Waals surface area (Å²) in [5.41, 5.74) is 9.20. The third kappa shape index (κ3) is 2.36. The van der Waals surface area contributed by atoms with Crippen LogP contribution < -0.4 is 5.73 Å². The van der Waals surface area contributed by atoms with Gasteiger partial charge in [-0.05, 0) is 49.1 Å². The number of Topliss-reactive ketones (excluding diaryl/α,β-unsaturated/α-hetero) is 1. The molecule has 1 aromatic heterocycles. The number of hydrogen-bond donors (Lipinski definition) is 1. The minimum Gasteiger partial charge on any atom is -0.398 e. The van der Waals surface area contributed by atoms with Crippen LogP contribution in [0.4, 0.5) is 5.69 Å². The average Bonchev–Trinajstić information content (AvgIpc) is 2.46. The summed E-state index contributed by atoms with van der Waals surface area (Å²) in [7, 11) is 0. The van der Waals surface area contributed by atoms with Crippen molar-refractivity contribution in [3.8, 4) is 0 Å². The van der Waals surface area contributed by atoms with Crippen molar-refractivity contribution in [2.24, 2.45) is 0 Å². The van der Waals surface area contributed by atoms with Crippen LogP contribution in [0, 0.1) is 0 Å². The molecule has 0 saturated heterocycles. The number of fused-ring (bicyclic) bond motifs is 1. The Balaban J connectivity index is 2.00. The predicted molar refractivity (Wildman–Crippen MR) is 82.8 cm³/mol. The molecule has 4 heteroatoms. The number of halogens is 1. The maximum atomic E-state index is 12.8. The van der Waals surface area contributed by atoms with E-state index < -0.39 is 0 Å². The van der Waals surface area contributed by atoms with Crippen LogP contribution in [0.1, 0.15) is 40.4 Å². The fourth-order valence-corrected chi connectivity index (χ4v) is 3.19. The topological polar surface area (TPSA) is 56.0 Å². The van der Waals surface area contributed by atoms with Crippen LogP contribution in [0.5, 0.6) is 0 Å². The van der Waals surface area contributed by atoms with Gasteiger partial charge in [0.2, 0.25) is 0 Å². The second-order valence-corrected chi connectivity index (χ2v) is 6.00. The lowest BCUT2D eigenvalue weighted by molar-refractivity contribution is 0.0950. The summed E-state index contributed by atoms with van der Waals surface area (Å²) in [5.74, 6) is -0.0851. The summed E-state index contributed by atoms with van der Waals surface area (Å²) in [6, 6.07) is 9.41. The Kier molecular flexibility index (Phi) is 3.57. The standard InChI is InChI=1S/C16H15BrN2O/c17-11-6-7-12(14(18)9-11)16(20)13-5-1-3-10-4-2-8-19-15(10)13/h2,4,6-9,13H,1,3,5,18H2. The van der Waals surface area contributed by atoms with E-state index in [2.05, 4.69) is 27.0 Å². The number of anilines is 1. The lowest BCUT2D eigenvalue weighted by Crippen LogP contribution is -2.21. The van der Waals surface area contributed by atoms with E-state index in [1.807, 2.05) is 12.1 Å². The summed E-state index contributed by atoms with van der Waals surface area (Å²) in [5, 5.41) is 0. The van der Waals surface area contributed by atoms with Gasteiger partial charge in [-0.3, -0.25) is 9.78 Å². The van der Waals surface area contributed by atoms with E-state index in [0.29, 0.717) is 11.3 Å². The van der Waals surface area contributed by atoms with Crippen molar-refractivity contribution in [1.29, 1.82) is 0 Å². The van der Waals surface area contributed by atoms with Crippen molar-refractivity contribution >= 4 is 27.4 Å². The van der Waals surface area contributed by atoms with Crippen LogP contribution in [0.15, 0.2) is 41.0 Å². The summed E-state index contributed by atoms with van der Waals surface area (Å²) in [6.07, 6.45) is 4.63. The van der Waals surface area contributed by atoms with Gasteiger partial charge in [0, 0.05) is 21.9 Å². The number of benzene rings is 1. The molecule has 20 heavy (non-hydrogen) atoms. The van der Waals surface area contributed by atoms with Crippen molar-refractivity contribution in [2.45, 2.75) is 25.2 Å². The molecule has 0 amide bonds. The highest BCUT2D eigenvalue weighted by Gasteiger charge is 2.29. The number of nitrogen functional groups attached to an aromatic ring is 1. The number of nitrogens with two attached hydrogens (primary N) is 1. The van der Waals surface area contributed by atoms with Crippen molar-refractivity contribution in [1.82, 2.24) is 4.98 Å². The van der Waals surface area contributed by atoms with Gasteiger partial charge in [-0.15, -0.1) is 0 Å². The van der Waals surface area contributed by atoms with Crippen LogP contribution in [-0.4, -0.2) is 10.8 Å².